The van der Waals surface area contributed by atoms with Crippen molar-refractivity contribution in [1.82, 2.24) is 30.1 Å². The minimum atomic E-state index is -2.98. The number of likely N-dealkylation sites (tertiary alicyclic amines) is 1. The summed E-state index contributed by atoms with van der Waals surface area (Å²) in [5.41, 5.74) is -0.125. The molecule has 30 heavy (non-hydrogen) atoms. The van der Waals surface area contributed by atoms with E-state index in [2.05, 4.69) is 20.7 Å². The molecule has 5 heterocycles. The summed E-state index contributed by atoms with van der Waals surface area (Å²) in [6.45, 7) is 0.985. The molecule has 0 aliphatic carbocycles. The number of rotatable bonds is 2. The Labute approximate surface area is 169 Å². The average Bonchev–Trinajstić information content (AvgIpc) is 3.20. The van der Waals surface area contributed by atoms with Crippen LogP contribution in [0, 0.1) is 5.41 Å². The zero-order valence-corrected chi connectivity index (χ0v) is 16.1. The van der Waals surface area contributed by atoms with E-state index in [4.69, 9.17) is 0 Å². The zero-order valence-electron chi connectivity index (χ0n) is 16.1. The van der Waals surface area contributed by atoms with Crippen LogP contribution in [0.2, 0.25) is 0 Å². The molecule has 10 nitrogen and oxygen atoms in total. The Kier molecular flexibility index (Phi) is 3.80. The number of imide groups is 1. The second-order valence-corrected chi connectivity index (χ2v) is 8.12. The molecule has 3 aliphatic rings. The molecular formula is C18H19F2N7O3. The smallest absolute Gasteiger partial charge is 0.321 e. The number of amides is 4. The van der Waals surface area contributed by atoms with Crippen LogP contribution in [0.4, 0.5) is 19.3 Å². The molecule has 5 rings (SSSR count). The number of alkyl halides is 2. The van der Waals surface area contributed by atoms with Crippen molar-refractivity contribution < 1.29 is 23.2 Å². The van der Waals surface area contributed by atoms with Crippen molar-refractivity contribution >= 4 is 29.2 Å². The van der Waals surface area contributed by atoms with Gasteiger partial charge in [-0.3, -0.25) is 14.9 Å². The van der Waals surface area contributed by atoms with E-state index in [1.807, 2.05) is 0 Å². The highest BCUT2D eigenvalue weighted by atomic mass is 19.3. The molecule has 1 unspecified atom stereocenters. The fraction of sp³-hybridized carbons (Fsp3) is 0.500. The Morgan fingerprint density at radius 3 is 2.70 bits per heavy atom. The van der Waals surface area contributed by atoms with Crippen LogP contribution in [-0.2, 0) is 9.59 Å². The van der Waals surface area contributed by atoms with Crippen LogP contribution in [-0.4, -0.2) is 76.0 Å². The minimum Gasteiger partial charge on any atom is -0.361 e. The van der Waals surface area contributed by atoms with Gasteiger partial charge < -0.3 is 15.1 Å². The third-order valence-electron chi connectivity index (χ3n) is 6.17. The number of hydrogen-bond acceptors (Lipinski definition) is 6. The van der Waals surface area contributed by atoms with Gasteiger partial charge in [0.05, 0.1) is 29.3 Å². The number of nitrogens with zero attached hydrogens (tertiary/aromatic N) is 5. The first-order chi connectivity index (χ1) is 14.2. The van der Waals surface area contributed by atoms with E-state index in [9.17, 15) is 23.2 Å². The van der Waals surface area contributed by atoms with Gasteiger partial charge in [0.1, 0.15) is 0 Å². The summed E-state index contributed by atoms with van der Waals surface area (Å²) in [6, 6.07) is 1.00. The summed E-state index contributed by atoms with van der Waals surface area (Å²) in [5.74, 6) is -4.46. The molecule has 3 fully saturated rings. The molecule has 0 bridgehead atoms. The molecule has 1 atom stereocenters. The van der Waals surface area contributed by atoms with E-state index in [-0.39, 0.29) is 32.1 Å². The first-order valence-electron chi connectivity index (χ1n) is 9.50. The number of anilines is 1. The van der Waals surface area contributed by atoms with E-state index in [1.165, 1.54) is 22.5 Å². The van der Waals surface area contributed by atoms with Crippen LogP contribution >= 0.6 is 0 Å². The molecule has 1 spiro atoms. The highest BCUT2D eigenvalue weighted by molar-refractivity contribution is 6.00. The number of fused-ring (bicyclic) bond motifs is 1. The summed E-state index contributed by atoms with van der Waals surface area (Å²) >= 11 is 0. The van der Waals surface area contributed by atoms with Gasteiger partial charge in [-0.15, -0.1) is 0 Å². The Hall–Kier alpha value is -3.31. The van der Waals surface area contributed by atoms with Crippen LogP contribution in [0.3, 0.4) is 0 Å². The highest BCUT2D eigenvalue weighted by Crippen LogP contribution is 2.51. The molecule has 0 saturated carbocycles. The fourth-order valence-electron chi connectivity index (χ4n) is 4.44. The molecule has 3 saturated heterocycles. The van der Waals surface area contributed by atoms with Crippen molar-refractivity contribution in [2.75, 3.05) is 37.6 Å². The van der Waals surface area contributed by atoms with Gasteiger partial charge in [-0.1, -0.05) is 0 Å². The zero-order chi connectivity index (χ0) is 21.3. The number of hydrogen-bond donors (Lipinski definition) is 2. The first-order valence-corrected chi connectivity index (χ1v) is 9.50. The lowest BCUT2D eigenvalue weighted by molar-refractivity contribution is -0.171. The molecular weight excluding hydrogens is 400 g/mol. The maximum Gasteiger partial charge on any atom is 0.321 e. The second-order valence-electron chi connectivity index (χ2n) is 8.12. The van der Waals surface area contributed by atoms with Crippen LogP contribution < -0.4 is 15.5 Å². The lowest BCUT2D eigenvalue weighted by Gasteiger charge is -2.49. The van der Waals surface area contributed by atoms with Crippen molar-refractivity contribution in [3.63, 3.8) is 0 Å². The Bertz CT molecular complexity index is 1080. The van der Waals surface area contributed by atoms with Crippen LogP contribution in [0.25, 0.3) is 5.65 Å². The third-order valence-corrected chi connectivity index (χ3v) is 6.17. The Balaban J connectivity index is 1.50. The van der Waals surface area contributed by atoms with Gasteiger partial charge >= 0.3 is 6.03 Å². The van der Waals surface area contributed by atoms with E-state index >= 15 is 0 Å². The summed E-state index contributed by atoms with van der Waals surface area (Å²) in [7, 11) is 0. The number of carbonyl (C=O) groups excluding carboxylic acids is 3. The van der Waals surface area contributed by atoms with E-state index < -0.39 is 35.7 Å². The van der Waals surface area contributed by atoms with E-state index in [0.717, 1.165) is 0 Å². The van der Waals surface area contributed by atoms with E-state index in [0.29, 0.717) is 17.0 Å². The van der Waals surface area contributed by atoms with Gasteiger partial charge in [-0.05, 0) is 6.07 Å². The molecule has 0 radical (unpaired) electrons. The predicted octanol–water partition coefficient (Wildman–Crippen LogP) is -0.0439. The predicted molar refractivity (Wildman–Crippen MR) is 99.1 cm³/mol. The number of imidazole rings is 1. The molecule has 2 aromatic heterocycles. The molecule has 3 aliphatic heterocycles. The van der Waals surface area contributed by atoms with Crippen LogP contribution in [0.15, 0.2) is 18.5 Å². The summed E-state index contributed by atoms with van der Waals surface area (Å²) in [6.07, 6.45) is 3.08. The summed E-state index contributed by atoms with van der Waals surface area (Å²) in [5, 5.41) is 9.12. The molecule has 12 heteroatoms. The maximum atomic E-state index is 15.0. The largest absolute Gasteiger partial charge is 0.361 e. The lowest BCUT2D eigenvalue weighted by Crippen LogP contribution is -2.65. The highest BCUT2D eigenvalue weighted by Gasteiger charge is 2.66. The van der Waals surface area contributed by atoms with Crippen molar-refractivity contribution in [1.29, 1.82) is 0 Å². The Morgan fingerprint density at radius 1 is 1.23 bits per heavy atom. The molecule has 2 aromatic rings. The number of halogens is 2. The van der Waals surface area contributed by atoms with Gasteiger partial charge in [-0.2, -0.15) is 5.10 Å². The normalized spacial score (nSPS) is 24.7. The van der Waals surface area contributed by atoms with Crippen molar-refractivity contribution in [3.8, 4) is 0 Å². The molecule has 0 aromatic carbocycles. The number of carbonyl (C=O) groups is 3. The van der Waals surface area contributed by atoms with Crippen LogP contribution in [0.5, 0.6) is 0 Å². The van der Waals surface area contributed by atoms with Gasteiger partial charge in [0, 0.05) is 45.5 Å². The second kappa shape index (κ2) is 6.09. The van der Waals surface area contributed by atoms with Gasteiger partial charge in [-0.25, -0.2) is 23.1 Å². The monoisotopic (exact) mass is 419 g/mol. The Morgan fingerprint density at radius 2 is 2.00 bits per heavy atom. The fourth-order valence-corrected chi connectivity index (χ4v) is 4.44. The van der Waals surface area contributed by atoms with Crippen LogP contribution in [0.1, 0.15) is 18.5 Å². The number of aromatic nitrogens is 3. The van der Waals surface area contributed by atoms with Gasteiger partial charge in [0.2, 0.25) is 11.8 Å². The van der Waals surface area contributed by atoms with Crippen molar-refractivity contribution in [2.24, 2.45) is 5.41 Å². The lowest BCUT2D eigenvalue weighted by atomic mass is 9.76. The van der Waals surface area contributed by atoms with Gasteiger partial charge in [0.25, 0.3) is 5.92 Å². The third kappa shape index (κ3) is 2.62. The number of urea groups is 1. The number of nitrogens with one attached hydrogen (secondary N) is 2. The quantitative estimate of drug-likeness (QED) is 0.706. The molecule has 2 N–H and O–H groups in total. The first kappa shape index (κ1) is 18.7. The molecule has 158 valence electrons. The maximum absolute atomic E-state index is 15.0. The SMILES string of the molecule is CC(=O)N1CC2(C1)CN(c1cc(C3CNC(=O)NC3=O)nn3ccnc13)CC2(F)F. The van der Waals surface area contributed by atoms with Crippen molar-refractivity contribution in [3.05, 3.63) is 24.2 Å². The molecule has 4 amide bonds. The summed E-state index contributed by atoms with van der Waals surface area (Å²) < 4.78 is 31.4. The topological polar surface area (TPSA) is 112 Å². The minimum absolute atomic E-state index is 0.00552. The van der Waals surface area contributed by atoms with E-state index in [1.54, 1.807) is 17.2 Å². The average molecular weight is 419 g/mol. The van der Waals surface area contributed by atoms with Gasteiger partial charge in [0.15, 0.2) is 5.65 Å². The summed E-state index contributed by atoms with van der Waals surface area (Å²) in [4.78, 5) is 42.3. The van der Waals surface area contributed by atoms with Crippen molar-refractivity contribution in [2.45, 2.75) is 18.8 Å². The standard InChI is InChI=1S/C18H19F2N7O3/c1-10(28)25-6-17(7-25)8-26(9-18(17,19)20)13-4-12(24-27-3-2-21-14(13)27)11-5-22-16(30)23-15(11)29/h2-4,11H,5-9H2,1H3,(H2,22,23,29,30).